The third-order valence-corrected chi connectivity index (χ3v) is 4.10. The van der Waals surface area contributed by atoms with Crippen molar-refractivity contribution in [1.82, 2.24) is 0 Å². The topological polar surface area (TPSA) is 20.3 Å². The van der Waals surface area contributed by atoms with Gasteiger partial charge < -0.3 is 4.90 Å². The Kier molecular flexibility index (Phi) is 2.37. The van der Waals surface area contributed by atoms with Crippen molar-refractivity contribution >= 4 is 27.5 Å². The van der Waals surface area contributed by atoms with Gasteiger partial charge in [0.25, 0.3) is 5.92 Å². The number of alkyl halides is 2. The van der Waals surface area contributed by atoms with Gasteiger partial charge in [0, 0.05) is 17.1 Å². The number of benzene rings is 1. The highest BCUT2D eigenvalue weighted by Crippen LogP contribution is 2.57. The first-order valence-electron chi connectivity index (χ1n) is 5.83. The Morgan fingerprint density at radius 2 is 2.11 bits per heavy atom. The molecule has 1 amide bonds. The summed E-state index contributed by atoms with van der Waals surface area (Å²) in [6.45, 7) is 0.298. The highest BCUT2D eigenvalue weighted by molar-refractivity contribution is 9.10. The minimum Gasteiger partial charge on any atom is -0.305 e. The second-order valence-corrected chi connectivity index (χ2v) is 6.12. The van der Waals surface area contributed by atoms with Gasteiger partial charge in [0.1, 0.15) is 0 Å². The number of amides is 1. The second kappa shape index (κ2) is 3.53. The molecule has 0 radical (unpaired) electrons. The van der Waals surface area contributed by atoms with Crippen molar-refractivity contribution in [3.8, 4) is 0 Å². The summed E-state index contributed by atoms with van der Waals surface area (Å²) in [6, 6.07) is 5.49. The lowest BCUT2D eigenvalue weighted by Gasteiger charge is -2.22. The quantitative estimate of drug-likeness (QED) is 0.818. The molecule has 2 nitrogen and oxygen atoms in total. The van der Waals surface area contributed by atoms with Gasteiger partial charge >= 0.3 is 0 Å². The molecule has 3 rings (SSSR count). The highest BCUT2D eigenvalue weighted by Gasteiger charge is 2.59. The van der Waals surface area contributed by atoms with E-state index < -0.39 is 17.9 Å². The van der Waals surface area contributed by atoms with Crippen molar-refractivity contribution in [2.24, 2.45) is 0 Å². The largest absolute Gasteiger partial charge is 0.305 e. The fourth-order valence-corrected chi connectivity index (χ4v) is 3.01. The van der Waals surface area contributed by atoms with Gasteiger partial charge in [0.05, 0.1) is 12.0 Å². The molecule has 1 spiro atoms. The van der Waals surface area contributed by atoms with Gasteiger partial charge in [0.2, 0.25) is 5.91 Å². The van der Waals surface area contributed by atoms with Crippen molar-refractivity contribution in [3.05, 3.63) is 28.2 Å². The molecule has 1 heterocycles. The van der Waals surface area contributed by atoms with E-state index in [0.29, 0.717) is 5.69 Å². The minimum absolute atomic E-state index is 0.169. The monoisotopic (exact) mass is 315 g/mol. The van der Waals surface area contributed by atoms with Crippen molar-refractivity contribution in [2.45, 2.75) is 31.1 Å². The highest BCUT2D eigenvalue weighted by atomic mass is 79.9. The van der Waals surface area contributed by atoms with Crippen LogP contribution in [0.1, 0.15) is 25.3 Å². The van der Waals surface area contributed by atoms with Crippen molar-refractivity contribution in [3.63, 3.8) is 0 Å². The lowest BCUT2D eigenvalue weighted by atomic mass is 9.98. The van der Waals surface area contributed by atoms with Crippen LogP contribution in [-0.2, 0) is 10.2 Å². The summed E-state index contributed by atoms with van der Waals surface area (Å²) < 4.78 is 27.2. The van der Waals surface area contributed by atoms with Crippen LogP contribution < -0.4 is 4.90 Å². The van der Waals surface area contributed by atoms with Crippen molar-refractivity contribution < 1.29 is 13.6 Å². The Labute approximate surface area is 112 Å². The molecule has 1 aliphatic carbocycles. The normalized spacial score (nSPS) is 20.4. The average Bonchev–Trinajstić information content (AvgIpc) is 3.01. The number of carbonyl (C=O) groups excluding carboxylic acids is 1. The lowest BCUT2D eigenvalue weighted by molar-refractivity contribution is -0.121. The third-order valence-electron chi connectivity index (χ3n) is 3.61. The third kappa shape index (κ3) is 1.67. The maximum Gasteiger partial charge on any atom is 0.263 e. The SMILES string of the molecule is CC(F)(F)CN1C(=O)C2(CC2)c2ccc(Br)cc21. The predicted octanol–water partition coefficient (Wildman–Crippen LogP) is 3.48. The number of nitrogens with zero attached hydrogens (tertiary/aromatic N) is 1. The van der Waals surface area contributed by atoms with Crippen LogP contribution in [0.25, 0.3) is 0 Å². The van der Waals surface area contributed by atoms with Gasteiger partial charge in [-0.15, -0.1) is 0 Å². The van der Waals surface area contributed by atoms with Crippen LogP contribution in [0.15, 0.2) is 22.7 Å². The van der Waals surface area contributed by atoms with Crippen LogP contribution in [0, 0.1) is 0 Å². The molecule has 1 aromatic carbocycles. The Bertz CT molecular complexity index is 534. The summed E-state index contributed by atoms with van der Waals surface area (Å²) in [5.74, 6) is -3.05. The van der Waals surface area contributed by atoms with Gasteiger partial charge in [-0.2, -0.15) is 0 Å². The van der Waals surface area contributed by atoms with E-state index in [9.17, 15) is 13.6 Å². The summed E-state index contributed by atoms with van der Waals surface area (Å²) in [5.41, 5.74) is 1.04. The van der Waals surface area contributed by atoms with Gasteiger partial charge in [-0.25, -0.2) is 8.78 Å². The number of hydrogen-bond donors (Lipinski definition) is 0. The fraction of sp³-hybridized carbons (Fsp3) is 0.462. The standard InChI is InChI=1S/C13H12BrF2NO/c1-12(15,16)7-17-10-6-8(14)2-3-9(10)13(4-5-13)11(17)18/h2-3,6H,4-5,7H2,1H3. The molecule has 2 aliphatic rings. The first-order valence-corrected chi connectivity index (χ1v) is 6.63. The average molecular weight is 316 g/mol. The molecule has 0 atom stereocenters. The van der Waals surface area contributed by atoms with E-state index in [4.69, 9.17) is 0 Å². The van der Waals surface area contributed by atoms with Crippen LogP contribution in [0.2, 0.25) is 0 Å². The van der Waals surface area contributed by atoms with Gasteiger partial charge in [-0.3, -0.25) is 4.79 Å². The van der Waals surface area contributed by atoms with E-state index in [1.165, 1.54) is 4.90 Å². The molecule has 0 saturated heterocycles. The predicted molar refractivity (Wildman–Crippen MR) is 68.0 cm³/mol. The van der Waals surface area contributed by atoms with E-state index in [0.717, 1.165) is 29.8 Å². The van der Waals surface area contributed by atoms with E-state index in [1.54, 1.807) is 6.07 Å². The van der Waals surface area contributed by atoms with Gasteiger partial charge in [0.15, 0.2) is 0 Å². The molecule has 1 fully saturated rings. The molecule has 5 heteroatoms. The summed E-state index contributed by atoms with van der Waals surface area (Å²) in [7, 11) is 0. The maximum absolute atomic E-state index is 13.2. The van der Waals surface area contributed by atoms with Gasteiger partial charge in [-0.1, -0.05) is 22.0 Å². The smallest absolute Gasteiger partial charge is 0.263 e. The van der Waals surface area contributed by atoms with Crippen LogP contribution in [0.3, 0.4) is 0 Å². The van der Waals surface area contributed by atoms with Crippen LogP contribution in [0.5, 0.6) is 0 Å². The Morgan fingerprint density at radius 1 is 1.44 bits per heavy atom. The number of hydrogen-bond acceptors (Lipinski definition) is 1. The molecular weight excluding hydrogens is 304 g/mol. The maximum atomic E-state index is 13.2. The Morgan fingerprint density at radius 3 is 2.67 bits per heavy atom. The molecule has 0 unspecified atom stereocenters. The van der Waals surface area contributed by atoms with Crippen molar-refractivity contribution in [1.29, 1.82) is 0 Å². The number of fused-ring (bicyclic) bond motifs is 2. The molecule has 1 aromatic rings. The fourth-order valence-electron chi connectivity index (χ4n) is 2.66. The zero-order valence-corrected chi connectivity index (χ0v) is 11.4. The van der Waals surface area contributed by atoms with Crippen LogP contribution >= 0.6 is 15.9 Å². The first-order chi connectivity index (χ1) is 8.33. The minimum atomic E-state index is -2.88. The summed E-state index contributed by atoms with van der Waals surface area (Å²) in [6.07, 6.45) is 1.54. The summed E-state index contributed by atoms with van der Waals surface area (Å²) in [5, 5.41) is 0. The second-order valence-electron chi connectivity index (χ2n) is 5.21. The van der Waals surface area contributed by atoms with Crippen LogP contribution in [-0.4, -0.2) is 18.4 Å². The Hall–Kier alpha value is -0.970. The Balaban J connectivity index is 2.07. The molecule has 0 bridgehead atoms. The van der Waals surface area contributed by atoms with Crippen molar-refractivity contribution in [2.75, 3.05) is 11.4 Å². The van der Waals surface area contributed by atoms with E-state index in [1.807, 2.05) is 12.1 Å². The number of carbonyl (C=O) groups is 1. The molecule has 96 valence electrons. The zero-order valence-electron chi connectivity index (χ0n) is 9.84. The van der Waals surface area contributed by atoms with E-state index in [2.05, 4.69) is 15.9 Å². The van der Waals surface area contributed by atoms with E-state index in [-0.39, 0.29) is 5.91 Å². The number of rotatable bonds is 2. The summed E-state index contributed by atoms with van der Waals surface area (Å²) in [4.78, 5) is 13.6. The molecule has 0 N–H and O–H groups in total. The van der Waals surface area contributed by atoms with Gasteiger partial charge in [-0.05, 0) is 30.5 Å². The molecule has 0 aromatic heterocycles. The number of halogens is 3. The first kappa shape index (κ1) is 12.1. The van der Waals surface area contributed by atoms with Crippen LogP contribution in [0.4, 0.5) is 14.5 Å². The lowest BCUT2D eigenvalue weighted by Crippen LogP contribution is -2.39. The molecule has 1 saturated carbocycles. The summed E-state index contributed by atoms with van der Waals surface area (Å²) >= 11 is 3.32. The molecular formula is C13H12BrF2NO. The molecule has 18 heavy (non-hydrogen) atoms. The van der Waals surface area contributed by atoms with E-state index >= 15 is 0 Å². The zero-order chi connectivity index (χ0) is 13.1. The number of anilines is 1. The molecule has 1 aliphatic heterocycles.